The van der Waals surface area contributed by atoms with Gasteiger partial charge in [0.25, 0.3) is 0 Å². The third kappa shape index (κ3) is 12.3. The zero-order valence-electron chi connectivity index (χ0n) is 43.8. The van der Waals surface area contributed by atoms with E-state index in [1.807, 2.05) is 0 Å². The maximum absolute atomic E-state index is 2.26. The van der Waals surface area contributed by atoms with E-state index in [0.717, 1.165) is 13.1 Å². The molecule has 2 aromatic heterocycles. The van der Waals surface area contributed by atoms with E-state index in [1.54, 1.807) is 0 Å². The minimum Gasteiger partial charge on any atom is -0.205 e. The first-order valence-corrected chi connectivity index (χ1v) is 26.8. The molecule has 0 amide bonds. The summed E-state index contributed by atoms with van der Waals surface area (Å²) in [5.74, 6) is 0. The molecule has 2 heterocycles. The van der Waals surface area contributed by atoms with Crippen LogP contribution in [0.5, 0.6) is 0 Å². The summed E-state index contributed by atoms with van der Waals surface area (Å²) in [6, 6.07) is 104. The smallest absolute Gasteiger partial charge is 0.169 e. The zero-order chi connectivity index (χ0) is 52.1. The fourth-order valence-corrected chi connectivity index (χ4v) is 10.9. The van der Waals surface area contributed by atoms with Crippen LogP contribution in [-0.4, -0.2) is 12.3 Å². The molecule has 0 radical (unpaired) electrons. The van der Waals surface area contributed by atoms with Gasteiger partial charge in [0.05, 0.1) is 0 Å². The Kier molecular flexibility index (Phi) is 17.9. The first-order valence-electron chi connectivity index (χ1n) is 26.8. The number of rotatable bonds is 14. The molecular formula is C72H66B2N2. The van der Waals surface area contributed by atoms with Crippen LogP contribution >= 0.6 is 0 Å². The molecule has 0 atom stereocenters. The third-order valence-corrected chi connectivity index (χ3v) is 14.8. The van der Waals surface area contributed by atoms with E-state index in [4.69, 9.17) is 0 Å². The largest absolute Gasteiger partial charge is 0.205 e. The number of aromatic nitrogens is 2. The molecule has 9 aromatic carbocycles. The summed E-state index contributed by atoms with van der Waals surface area (Å²) >= 11 is 0. The van der Waals surface area contributed by atoms with Gasteiger partial charge in [-0.15, -0.1) is 0 Å². The van der Waals surface area contributed by atoms with Gasteiger partial charge >= 0.3 is 0 Å². The second-order valence-electron chi connectivity index (χ2n) is 19.3. The van der Waals surface area contributed by atoms with Crippen molar-refractivity contribution in [1.82, 2.24) is 0 Å². The number of nitrogens with zero attached hydrogens (tertiary/aromatic N) is 2. The summed E-state index contributed by atoms with van der Waals surface area (Å²) in [5.41, 5.74) is 15.6. The molecule has 0 fully saturated rings. The van der Waals surface area contributed by atoms with Crippen LogP contribution < -0.4 is 52.8 Å². The Hall–Kier alpha value is -9.11. The van der Waals surface area contributed by atoms with Crippen molar-refractivity contribution in [3.05, 3.63) is 338 Å². The average molecular weight is 981 g/mol. The molecule has 2 nitrogen and oxygen atoms in total. The Morgan fingerprint density at radius 3 is 0.539 bits per heavy atom. The van der Waals surface area contributed by atoms with Crippen molar-refractivity contribution in [2.75, 3.05) is 0 Å². The van der Waals surface area contributed by atoms with Crippen molar-refractivity contribution in [3.8, 4) is 0 Å². The summed E-state index contributed by atoms with van der Waals surface area (Å²) in [6.45, 7) is 6.29. The minimum absolute atomic E-state index is 1.00. The molecule has 0 aliphatic carbocycles. The molecule has 370 valence electrons. The molecule has 0 unspecified atom stereocenters. The van der Waals surface area contributed by atoms with E-state index >= 15 is 0 Å². The van der Waals surface area contributed by atoms with Crippen LogP contribution in [0.3, 0.4) is 0 Å². The van der Waals surface area contributed by atoms with Crippen molar-refractivity contribution >= 4 is 80.3 Å². The molecule has 4 heteroatoms. The van der Waals surface area contributed by atoms with Gasteiger partial charge in [0, 0.05) is 24.3 Å². The highest BCUT2D eigenvalue weighted by atomic mass is 14.9. The van der Waals surface area contributed by atoms with Gasteiger partial charge in [-0.25, -0.2) is 9.13 Å². The molecule has 76 heavy (non-hydrogen) atoms. The predicted molar refractivity (Wildman–Crippen MR) is 329 cm³/mol. The van der Waals surface area contributed by atoms with Crippen molar-refractivity contribution in [2.24, 2.45) is 0 Å². The van der Waals surface area contributed by atoms with Crippen LogP contribution in [0.4, 0.5) is 0 Å². The molecule has 0 aliphatic heterocycles. The molecule has 0 bridgehead atoms. The Bertz CT molecular complexity index is 2900. The highest BCUT2D eigenvalue weighted by molar-refractivity contribution is 7.20. The minimum atomic E-state index is -1.22. The molecule has 0 spiro atoms. The fourth-order valence-electron chi connectivity index (χ4n) is 10.9. The summed E-state index contributed by atoms with van der Waals surface area (Å²) in [7, 11) is 0. The van der Waals surface area contributed by atoms with Gasteiger partial charge in [-0.05, 0) is 36.1 Å². The number of hydrogen-bond acceptors (Lipinski definition) is 0. The molecule has 0 saturated carbocycles. The van der Waals surface area contributed by atoms with Crippen LogP contribution in [-0.2, 0) is 13.1 Å². The Morgan fingerprint density at radius 2 is 0.382 bits per heavy atom. The zero-order valence-corrected chi connectivity index (χ0v) is 43.8. The van der Waals surface area contributed by atoms with Crippen LogP contribution in [0.1, 0.15) is 36.1 Å². The standard InChI is InChI=1S/2C24H20B.C24H26N2/c2*1-5-13-21(14-6-1)25(22-15-7-2-8-16-22,23-17-9-3-10-18-23)24-19-11-4-12-20-24;1-3-25-17-13-23(14-18-25)11-9-21-5-7-22(8-6-21)10-12-24-15-19-26(4-2)20-16-24/h2*1-20H;5-20H,3-4H2,1-2H3/q2*-1;+2. The molecule has 11 aromatic rings. The summed E-state index contributed by atoms with van der Waals surface area (Å²) in [5, 5.41) is 0. The van der Waals surface area contributed by atoms with Gasteiger partial charge in [0.15, 0.2) is 24.8 Å². The average Bonchev–Trinajstić information content (AvgIpc) is 3.53. The molecule has 11 rings (SSSR count). The van der Waals surface area contributed by atoms with Crippen LogP contribution in [0.2, 0.25) is 0 Å². The van der Waals surface area contributed by atoms with Crippen LogP contribution in [0.15, 0.2) is 316 Å². The SMILES string of the molecule is CC[n+]1ccc(C=Cc2ccc(C=Cc3cc[n+](CC)cc3)cc2)cc1.c1ccc([B-](c2ccccc2)(c2ccccc2)c2ccccc2)cc1.c1ccc([B-](c2ccccc2)(c2ccccc2)c2ccccc2)cc1. The van der Waals surface area contributed by atoms with Gasteiger partial charge in [-0.1, -0.05) is 291 Å². The van der Waals surface area contributed by atoms with Crippen LogP contribution in [0, 0.1) is 0 Å². The van der Waals surface area contributed by atoms with Gasteiger partial charge in [-0.3, -0.25) is 0 Å². The number of aryl methyl sites for hydroxylation is 2. The Morgan fingerprint density at radius 1 is 0.224 bits per heavy atom. The van der Waals surface area contributed by atoms with Crippen molar-refractivity contribution in [2.45, 2.75) is 26.9 Å². The van der Waals surface area contributed by atoms with Crippen molar-refractivity contribution < 1.29 is 9.13 Å². The summed E-state index contributed by atoms with van der Waals surface area (Å²) in [4.78, 5) is 0. The van der Waals surface area contributed by atoms with Crippen LogP contribution in [0.25, 0.3) is 24.3 Å². The second-order valence-corrected chi connectivity index (χ2v) is 19.3. The highest BCUT2D eigenvalue weighted by Gasteiger charge is 2.32. The summed E-state index contributed by atoms with van der Waals surface area (Å²) < 4.78 is 4.32. The third-order valence-electron chi connectivity index (χ3n) is 14.8. The molecule has 0 aliphatic rings. The van der Waals surface area contributed by atoms with Gasteiger partial charge < -0.3 is 0 Å². The van der Waals surface area contributed by atoms with Gasteiger partial charge in [0.2, 0.25) is 0 Å². The Labute approximate surface area is 452 Å². The van der Waals surface area contributed by atoms with E-state index in [2.05, 4.69) is 363 Å². The lowest BCUT2D eigenvalue weighted by atomic mass is 9.13. The van der Waals surface area contributed by atoms with Gasteiger partial charge in [0.1, 0.15) is 25.4 Å². The Balaban J connectivity index is 0.000000139. The second kappa shape index (κ2) is 26.2. The first kappa shape index (κ1) is 51.8. The monoisotopic (exact) mass is 981 g/mol. The van der Waals surface area contributed by atoms with E-state index in [0.29, 0.717) is 0 Å². The maximum atomic E-state index is 2.26. The fraction of sp³-hybridized carbons (Fsp3) is 0.0556. The lowest BCUT2D eigenvalue weighted by molar-refractivity contribution is -0.693. The maximum Gasteiger partial charge on any atom is 0.169 e. The quantitative estimate of drug-likeness (QED) is 0.0758. The molecular weight excluding hydrogens is 914 g/mol. The predicted octanol–water partition coefficient (Wildman–Crippen LogP) is 10.8. The van der Waals surface area contributed by atoms with Crippen molar-refractivity contribution in [3.63, 3.8) is 0 Å². The number of hydrogen-bond donors (Lipinski definition) is 0. The highest BCUT2D eigenvalue weighted by Crippen LogP contribution is 2.14. The molecule has 0 saturated heterocycles. The summed E-state index contributed by atoms with van der Waals surface area (Å²) in [6.07, 6.45) is 14.6. The lowest BCUT2D eigenvalue weighted by Gasteiger charge is -2.44. The normalized spacial score (nSPS) is 11.3. The van der Waals surface area contributed by atoms with E-state index in [9.17, 15) is 0 Å². The first-order chi connectivity index (χ1) is 37.6. The van der Waals surface area contributed by atoms with E-state index in [1.165, 1.54) is 66.0 Å². The van der Waals surface area contributed by atoms with E-state index < -0.39 is 12.3 Å². The number of benzene rings is 9. The van der Waals surface area contributed by atoms with E-state index in [-0.39, 0.29) is 0 Å². The molecule has 0 N–H and O–H groups in total. The van der Waals surface area contributed by atoms with Gasteiger partial charge in [-0.2, -0.15) is 43.7 Å². The van der Waals surface area contributed by atoms with Crippen molar-refractivity contribution in [1.29, 1.82) is 0 Å². The number of pyridine rings is 2. The topological polar surface area (TPSA) is 7.76 Å². The lowest BCUT2D eigenvalue weighted by Crippen LogP contribution is -2.74.